The van der Waals surface area contributed by atoms with Crippen LogP contribution >= 0.6 is 0 Å². The largest absolute Gasteiger partial charge is 0.325 e. The lowest BCUT2D eigenvalue weighted by Crippen LogP contribution is -2.18. The van der Waals surface area contributed by atoms with Crippen molar-refractivity contribution in [1.82, 2.24) is 0 Å². The molecule has 1 spiro atoms. The maximum absolute atomic E-state index is 11.8. The van der Waals surface area contributed by atoms with Crippen LogP contribution in [0.1, 0.15) is 71.4 Å². The minimum absolute atomic E-state index is 0.139. The summed E-state index contributed by atoms with van der Waals surface area (Å²) in [5.41, 5.74) is 3.46. The molecule has 3 rings (SSSR count). The molecule has 106 valence electrons. The minimum atomic E-state index is -0.139. The molecule has 0 radical (unpaired) electrons. The Kier molecular flexibility index (Phi) is 5.16. The van der Waals surface area contributed by atoms with E-state index in [0.717, 1.165) is 18.5 Å². The molecule has 2 aliphatic rings. The fourth-order valence-electron chi connectivity index (χ4n) is 2.41. The van der Waals surface area contributed by atoms with Gasteiger partial charge in [-0.05, 0) is 36.0 Å². The highest BCUT2D eigenvalue weighted by atomic mass is 16.2. The second-order valence-electron chi connectivity index (χ2n) is 5.00. The molecule has 1 aromatic rings. The van der Waals surface area contributed by atoms with Gasteiger partial charge in [-0.25, -0.2) is 0 Å². The molecule has 1 aliphatic heterocycles. The topological polar surface area (TPSA) is 29.1 Å². The third kappa shape index (κ3) is 2.68. The van der Waals surface area contributed by atoms with Gasteiger partial charge >= 0.3 is 0 Å². The van der Waals surface area contributed by atoms with E-state index in [2.05, 4.69) is 37.4 Å². The normalized spacial score (nSPS) is 16.9. The van der Waals surface area contributed by atoms with Crippen LogP contribution in [0.3, 0.4) is 0 Å². The fourth-order valence-corrected chi connectivity index (χ4v) is 2.41. The lowest BCUT2D eigenvalue weighted by atomic mass is 9.93. The second kappa shape index (κ2) is 6.23. The van der Waals surface area contributed by atoms with Gasteiger partial charge in [0.1, 0.15) is 0 Å². The van der Waals surface area contributed by atoms with E-state index in [4.69, 9.17) is 0 Å². The molecule has 1 aliphatic carbocycles. The molecular formula is C17H27NO. The molecule has 1 fully saturated rings. The molecule has 0 saturated heterocycles. The SMILES string of the molecule is CC.CC.CC(C)c1ccc2c(c1)C1(CC1)C(=O)N2. The molecular weight excluding hydrogens is 234 g/mol. The maximum atomic E-state index is 11.8. The molecule has 0 aromatic heterocycles. The molecule has 1 aromatic carbocycles. The van der Waals surface area contributed by atoms with Crippen LogP contribution in [-0.2, 0) is 10.2 Å². The van der Waals surface area contributed by atoms with Crippen LogP contribution < -0.4 is 5.32 Å². The Balaban J connectivity index is 0.000000415. The van der Waals surface area contributed by atoms with Crippen molar-refractivity contribution in [3.63, 3.8) is 0 Å². The smallest absolute Gasteiger partial charge is 0.235 e. The number of anilines is 1. The van der Waals surface area contributed by atoms with E-state index in [1.165, 1.54) is 11.1 Å². The summed E-state index contributed by atoms with van der Waals surface area (Å²) in [5.74, 6) is 0.736. The van der Waals surface area contributed by atoms with E-state index in [0.29, 0.717) is 5.92 Å². The summed E-state index contributed by atoms with van der Waals surface area (Å²) in [5, 5.41) is 2.98. The molecule has 0 unspecified atom stereocenters. The molecule has 1 N–H and O–H groups in total. The molecule has 0 bridgehead atoms. The number of hydrogen-bond acceptors (Lipinski definition) is 1. The molecule has 2 heteroatoms. The van der Waals surface area contributed by atoms with Gasteiger partial charge in [-0.1, -0.05) is 53.7 Å². The number of benzene rings is 1. The zero-order chi connectivity index (χ0) is 14.6. The molecule has 0 atom stereocenters. The lowest BCUT2D eigenvalue weighted by molar-refractivity contribution is -0.117. The van der Waals surface area contributed by atoms with Crippen LogP contribution in [-0.4, -0.2) is 5.91 Å². The van der Waals surface area contributed by atoms with E-state index < -0.39 is 0 Å². The molecule has 2 nitrogen and oxygen atoms in total. The molecule has 1 heterocycles. The summed E-state index contributed by atoms with van der Waals surface area (Å²) in [6.07, 6.45) is 2.04. The van der Waals surface area contributed by atoms with Crippen molar-refractivity contribution in [2.45, 2.75) is 65.7 Å². The number of fused-ring (bicyclic) bond motifs is 2. The number of amides is 1. The zero-order valence-electron chi connectivity index (χ0n) is 13.1. The quantitative estimate of drug-likeness (QED) is 0.769. The average Bonchev–Trinajstić information content (AvgIpc) is 3.19. The zero-order valence-corrected chi connectivity index (χ0v) is 13.1. The third-order valence-electron chi connectivity index (χ3n) is 3.66. The van der Waals surface area contributed by atoms with Gasteiger partial charge in [0.15, 0.2) is 0 Å². The van der Waals surface area contributed by atoms with Crippen molar-refractivity contribution in [3.05, 3.63) is 29.3 Å². The van der Waals surface area contributed by atoms with Crippen LogP contribution in [0.5, 0.6) is 0 Å². The van der Waals surface area contributed by atoms with E-state index >= 15 is 0 Å². The van der Waals surface area contributed by atoms with Crippen molar-refractivity contribution < 1.29 is 4.79 Å². The Morgan fingerprint density at radius 3 is 2.16 bits per heavy atom. The van der Waals surface area contributed by atoms with Gasteiger partial charge in [0.2, 0.25) is 5.91 Å². The van der Waals surface area contributed by atoms with E-state index in [9.17, 15) is 4.79 Å². The van der Waals surface area contributed by atoms with Crippen LogP contribution in [0.15, 0.2) is 18.2 Å². The maximum Gasteiger partial charge on any atom is 0.235 e. The summed E-state index contributed by atoms with van der Waals surface area (Å²) in [7, 11) is 0. The van der Waals surface area contributed by atoms with Crippen molar-refractivity contribution in [1.29, 1.82) is 0 Å². The number of rotatable bonds is 1. The van der Waals surface area contributed by atoms with Gasteiger partial charge in [0.25, 0.3) is 0 Å². The Labute approximate surface area is 117 Å². The Morgan fingerprint density at radius 1 is 1.11 bits per heavy atom. The lowest BCUT2D eigenvalue weighted by Gasteiger charge is -2.09. The van der Waals surface area contributed by atoms with Crippen LogP contribution in [0.25, 0.3) is 0 Å². The molecule has 1 amide bonds. The summed E-state index contributed by atoms with van der Waals surface area (Å²) < 4.78 is 0. The Hall–Kier alpha value is -1.31. The van der Waals surface area contributed by atoms with Crippen molar-refractivity contribution in [2.24, 2.45) is 0 Å². The van der Waals surface area contributed by atoms with E-state index in [1.807, 2.05) is 27.7 Å². The van der Waals surface area contributed by atoms with Gasteiger partial charge in [0, 0.05) is 5.69 Å². The predicted octanol–water partition coefficient (Wildman–Crippen LogP) is 4.85. The first-order chi connectivity index (χ1) is 9.13. The summed E-state index contributed by atoms with van der Waals surface area (Å²) >= 11 is 0. The third-order valence-corrected chi connectivity index (χ3v) is 3.66. The van der Waals surface area contributed by atoms with Gasteiger partial charge in [-0.3, -0.25) is 4.79 Å². The first-order valence-electron chi connectivity index (χ1n) is 7.59. The highest BCUT2D eigenvalue weighted by Gasteiger charge is 2.56. The Morgan fingerprint density at radius 2 is 1.68 bits per heavy atom. The fraction of sp³-hybridized carbons (Fsp3) is 0.588. The van der Waals surface area contributed by atoms with Crippen LogP contribution in [0.4, 0.5) is 5.69 Å². The number of nitrogens with one attached hydrogen (secondary N) is 1. The average molecular weight is 261 g/mol. The second-order valence-corrected chi connectivity index (χ2v) is 5.00. The van der Waals surface area contributed by atoms with Crippen molar-refractivity contribution in [2.75, 3.05) is 5.32 Å². The number of hydrogen-bond donors (Lipinski definition) is 1. The van der Waals surface area contributed by atoms with Gasteiger partial charge in [-0.2, -0.15) is 0 Å². The number of carbonyl (C=O) groups is 1. The number of carbonyl (C=O) groups excluding carboxylic acids is 1. The standard InChI is InChI=1S/C13H15NO.2C2H6/c1-8(2)9-3-4-11-10(7-9)13(5-6-13)12(15)14-11;2*1-2/h3-4,7-8H,5-6H2,1-2H3,(H,14,15);2*1-2H3. The monoisotopic (exact) mass is 261 g/mol. The highest BCUT2D eigenvalue weighted by Crippen LogP contribution is 2.55. The van der Waals surface area contributed by atoms with Crippen LogP contribution in [0, 0.1) is 0 Å². The van der Waals surface area contributed by atoms with Gasteiger partial charge in [-0.15, -0.1) is 0 Å². The summed E-state index contributed by atoms with van der Waals surface area (Å²) in [4.78, 5) is 11.8. The van der Waals surface area contributed by atoms with E-state index in [1.54, 1.807) is 0 Å². The van der Waals surface area contributed by atoms with Gasteiger partial charge < -0.3 is 5.32 Å². The first kappa shape index (κ1) is 15.7. The van der Waals surface area contributed by atoms with Crippen molar-refractivity contribution in [3.8, 4) is 0 Å². The summed E-state index contributed by atoms with van der Waals surface area (Å²) in [6.45, 7) is 12.4. The molecule has 1 saturated carbocycles. The van der Waals surface area contributed by atoms with Crippen molar-refractivity contribution >= 4 is 11.6 Å². The highest BCUT2D eigenvalue weighted by molar-refractivity contribution is 6.08. The van der Waals surface area contributed by atoms with Gasteiger partial charge in [0.05, 0.1) is 5.41 Å². The first-order valence-corrected chi connectivity index (χ1v) is 7.59. The summed E-state index contributed by atoms with van der Waals surface area (Å²) in [6, 6.07) is 6.38. The predicted molar refractivity (Wildman–Crippen MR) is 82.8 cm³/mol. The van der Waals surface area contributed by atoms with E-state index in [-0.39, 0.29) is 11.3 Å². The Bertz CT molecular complexity index is 445. The van der Waals surface area contributed by atoms with Crippen LogP contribution in [0.2, 0.25) is 0 Å². The molecule has 19 heavy (non-hydrogen) atoms. The minimum Gasteiger partial charge on any atom is -0.325 e.